The predicted octanol–water partition coefficient (Wildman–Crippen LogP) is 5.66. The molecule has 40 heavy (non-hydrogen) atoms. The number of benzene rings is 3. The molecule has 0 saturated carbocycles. The Hall–Kier alpha value is -3.26. The van der Waals surface area contributed by atoms with Crippen LogP contribution in [0.15, 0.2) is 78.9 Å². The number of aromatic nitrogens is 2. The molecule has 11 heteroatoms. The van der Waals surface area contributed by atoms with E-state index in [1.165, 1.54) is 22.6 Å². The number of nitrogens with zero attached hydrogens (tertiary/aromatic N) is 2. The minimum Gasteiger partial charge on any atom is -0.395 e. The maximum atomic E-state index is 13.8. The zero-order valence-electron chi connectivity index (χ0n) is 21.6. The molecule has 0 fully saturated rings. The Kier molecular flexibility index (Phi) is 9.61. The first-order chi connectivity index (χ1) is 19.2. The summed E-state index contributed by atoms with van der Waals surface area (Å²) in [5.74, 6) is -0.742. The summed E-state index contributed by atoms with van der Waals surface area (Å²) in [6.07, 6.45) is -4.05. The molecule has 0 radical (unpaired) electrons. The predicted molar refractivity (Wildman–Crippen MR) is 156 cm³/mol. The third-order valence-electron chi connectivity index (χ3n) is 6.43. The Morgan fingerprint density at radius 2 is 1.75 bits per heavy atom. The van der Waals surface area contributed by atoms with Crippen molar-refractivity contribution in [2.45, 2.75) is 38.1 Å². The highest BCUT2D eigenvalue weighted by Crippen LogP contribution is 2.35. The minimum absolute atomic E-state index is 0.0500. The molecule has 0 saturated heterocycles. The summed E-state index contributed by atoms with van der Waals surface area (Å²) in [5, 5.41) is 19.8. The van der Waals surface area contributed by atoms with Gasteiger partial charge in [-0.15, -0.1) is 0 Å². The number of alkyl halides is 3. The van der Waals surface area contributed by atoms with Crippen molar-refractivity contribution in [3.8, 4) is 5.69 Å². The van der Waals surface area contributed by atoms with Gasteiger partial charge in [-0.3, -0.25) is 4.79 Å². The molecular weight excluding hydrogens is 634 g/mol. The lowest BCUT2D eigenvalue weighted by molar-refractivity contribution is -0.142. The highest BCUT2D eigenvalue weighted by molar-refractivity contribution is 14.1. The number of anilines is 1. The van der Waals surface area contributed by atoms with Crippen molar-refractivity contribution < 1.29 is 23.1 Å². The SMILES string of the molecule is CCC(CO)NC(c1ccccc1)c1cccc(NC(=O)c2c(I)c(C(F)(F)F)nn2-c2cccc(CN)c2)c1. The van der Waals surface area contributed by atoms with Crippen molar-refractivity contribution in [3.63, 3.8) is 0 Å². The zero-order valence-corrected chi connectivity index (χ0v) is 23.8. The Balaban J connectivity index is 1.72. The number of nitrogens with one attached hydrogen (secondary N) is 2. The second kappa shape index (κ2) is 12.9. The molecule has 1 heterocycles. The summed E-state index contributed by atoms with van der Waals surface area (Å²) < 4.78 is 42.1. The molecule has 0 spiro atoms. The van der Waals surface area contributed by atoms with Crippen LogP contribution < -0.4 is 16.4 Å². The molecule has 4 aromatic rings. The number of carbonyl (C=O) groups is 1. The number of aliphatic hydroxyl groups excluding tert-OH is 1. The molecule has 2 unspecified atom stereocenters. The summed E-state index contributed by atoms with van der Waals surface area (Å²) in [4.78, 5) is 13.5. The fourth-order valence-corrected chi connectivity index (χ4v) is 5.22. The Morgan fingerprint density at radius 1 is 1.05 bits per heavy atom. The van der Waals surface area contributed by atoms with Crippen LogP contribution in [0.2, 0.25) is 0 Å². The molecule has 1 amide bonds. The van der Waals surface area contributed by atoms with Gasteiger partial charge in [0, 0.05) is 18.3 Å². The first-order valence-corrected chi connectivity index (χ1v) is 13.7. The lowest BCUT2D eigenvalue weighted by Gasteiger charge is -2.25. The van der Waals surface area contributed by atoms with E-state index in [-0.39, 0.29) is 34.5 Å². The Morgan fingerprint density at radius 3 is 2.40 bits per heavy atom. The van der Waals surface area contributed by atoms with Crippen LogP contribution in [0.3, 0.4) is 0 Å². The topological polar surface area (TPSA) is 105 Å². The van der Waals surface area contributed by atoms with E-state index in [2.05, 4.69) is 15.7 Å². The minimum atomic E-state index is -4.75. The van der Waals surface area contributed by atoms with Gasteiger partial charge in [0.05, 0.1) is 21.9 Å². The first kappa shape index (κ1) is 29.7. The molecule has 0 aliphatic heterocycles. The molecule has 210 valence electrons. The average Bonchev–Trinajstić information content (AvgIpc) is 3.32. The van der Waals surface area contributed by atoms with Crippen molar-refractivity contribution in [3.05, 3.63) is 111 Å². The van der Waals surface area contributed by atoms with Gasteiger partial charge >= 0.3 is 6.18 Å². The van der Waals surface area contributed by atoms with Gasteiger partial charge in [0.2, 0.25) is 0 Å². The molecule has 0 aliphatic carbocycles. The number of hydrogen-bond donors (Lipinski definition) is 4. The number of carbonyl (C=O) groups excluding carboxylic acids is 1. The summed E-state index contributed by atoms with van der Waals surface area (Å²) in [6.45, 7) is 2.10. The summed E-state index contributed by atoms with van der Waals surface area (Å²) in [6, 6.07) is 22.8. The van der Waals surface area contributed by atoms with Crippen LogP contribution in [0.5, 0.6) is 0 Å². The Bertz CT molecular complexity index is 1460. The first-order valence-electron chi connectivity index (χ1n) is 12.6. The van der Waals surface area contributed by atoms with E-state index in [0.29, 0.717) is 23.4 Å². The van der Waals surface area contributed by atoms with E-state index in [1.807, 2.05) is 43.3 Å². The van der Waals surface area contributed by atoms with Gasteiger partial charge in [-0.2, -0.15) is 18.3 Å². The van der Waals surface area contributed by atoms with Crippen LogP contribution in [0.25, 0.3) is 5.69 Å². The van der Waals surface area contributed by atoms with Gasteiger partial charge in [0.25, 0.3) is 5.91 Å². The second-order valence-electron chi connectivity index (χ2n) is 9.17. The van der Waals surface area contributed by atoms with Gasteiger partial charge in [-0.25, -0.2) is 4.68 Å². The van der Waals surface area contributed by atoms with Crippen LogP contribution in [0.4, 0.5) is 18.9 Å². The molecule has 4 rings (SSSR count). The maximum Gasteiger partial charge on any atom is 0.436 e. The van der Waals surface area contributed by atoms with Crippen LogP contribution in [-0.4, -0.2) is 33.4 Å². The van der Waals surface area contributed by atoms with Crippen molar-refractivity contribution in [2.24, 2.45) is 5.73 Å². The maximum absolute atomic E-state index is 13.8. The number of halogens is 4. The molecule has 0 aliphatic rings. The summed E-state index contributed by atoms with van der Waals surface area (Å²) in [7, 11) is 0. The molecule has 0 bridgehead atoms. The van der Waals surface area contributed by atoms with Crippen molar-refractivity contribution >= 4 is 34.2 Å². The van der Waals surface area contributed by atoms with Crippen LogP contribution in [0.1, 0.15) is 52.3 Å². The lowest BCUT2D eigenvalue weighted by Crippen LogP contribution is -2.35. The number of aliphatic hydroxyl groups is 1. The standard InChI is InChI=1S/C29H29F3IN5O2/c1-2-21(17-39)35-25(19-9-4-3-5-10-19)20-11-7-12-22(15-20)36-28(40)26-24(33)27(29(30,31)32)37-38(26)23-13-6-8-18(14-23)16-34/h3-15,21,25,35,39H,2,16-17,34H2,1H3,(H,36,40). The second-order valence-corrected chi connectivity index (χ2v) is 10.3. The van der Waals surface area contributed by atoms with Crippen molar-refractivity contribution in [1.82, 2.24) is 15.1 Å². The van der Waals surface area contributed by atoms with Crippen molar-refractivity contribution in [2.75, 3.05) is 11.9 Å². The van der Waals surface area contributed by atoms with E-state index in [9.17, 15) is 23.1 Å². The lowest BCUT2D eigenvalue weighted by atomic mass is 9.97. The van der Waals surface area contributed by atoms with Crippen LogP contribution in [0, 0.1) is 3.57 Å². The molecule has 1 aromatic heterocycles. The number of amides is 1. The van der Waals surface area contributed by atoms with E-state index < -0.39 is 17.8 Å². The summed E-state index contributed by atoms with van der Waals surface area (Å²) in [5.41, 5.74) is 7.48. The number of nitrogens with two attached hydrogens (primary N) is 1. The molecule has 2 atom stereocenters. The largest absolute Gasteiger partial charge is 0.436 e. The van der Waals surface area contributed by atoms with E-state index >= 15 is 0 Å². The normalized spacial score (nSPS) is 13.2. The van der Waals surface area contributed by atoms with Gasteiger partial charge in [-0.05, 0) is 70.0 Å². The van der Waals surface area contributed by atoms with Gasteiger partial charge in [0.1, 0.15) is 5.69 Å². The van der Waals surface area contributed by atoms with E-state index in [1.54, 1.807) is 42.5 Å². The van der Waals surface area contributed by atoms with Crippen LogP contribution >= 0.6 is 22.6 Å². The molecule has 5 N–H and O–H groups in total. The fourth-order valence-electron chi connectivity index (χ4n) is 4.33. The van der Waals surface area contributed by atoms with Crippen molar-refractivity contribution in [1.29, 1.82) is 0 Å². The average molecular weight is 663 g/mol. The monoisotopic (exact) mass is 663 g/mol. The van der Waals surface area contributed by atoms with Gasteiger partial charge < -0.3 is 21.5 Å². The Labute approximate surface area is 243 Å². The molecular formula is C29H29F3IN5O2. The molecule has 7 nitrogen and oxygen atoms in total. The zero-order chi connectivity index (χ0) is 28.9. The third kappa shape index (κ3) is 6.72. The number of rotatable bonds is 10. The highest BCUT2D eigenvalue weighted by atomic mass is 127. The molecule has 3 aromatic carbocycles. The summed E-state index contributed by atoms with van der Waals surface area (Å²) >= 11 is 1.51. The fraction of sp³-hybridized carbons (Fsp3) is 0.241. The van der Waals surface area contributed by atoms with Gasteiger partial charge in [0.15, 0.2) is 5.69 Å². The smallest absolute Gasteiger partial charge is 0.395 e. The van der Waals surface area contributed by atoms with Crippen LogP contribution in [-0.2, 0) is 12.7 Å². The number of hydrogen-bond acceptors (Lipinski definition) is 5. The quantitative estimate of drug-likeness (QED) is 0.164. The van der Waals surface area contributed by atoms with E-state index in [0.717, 1.165) is 15.8 Å². The van der Waals surface area contributed by atoms with Gasteiger partial charge in [-0.1, -0.05) is 61.5 Å². The van der Waals surface area contributed by atoms with E-state index in [4.69, 9.17) is 5.73 Å². The highest BCUT2D eigenvalue weighted by Gasteiger charge is 2.40. The third-order valence-corrected chi connectivity index (χ3v) is 7.45.